The van der Waals surface area contributed by atoms with Crippen LogP contribution in [-0.2, 0) is 0 Å². The second-order valence-electron chi connectivity index (χ2n) is 3.17. The van der Waals surface area contributed by atoms with Crippen LogP contribution in [0.2, 0.25) is 0 Å². The van der Waals surface area contributed by atoms with E-state index in [9.17, 15) is 4.79 Å². The van der Waals surface area contributed by atoms with Crippen molar-refractivity contribution < 1.29 is 4.79 Å². The SMILES string of the molecule is CNc1cccc(-n2cc(C(N)=O)cn2)n1. The highest BCUT2D eigenvalue weighted by Gasteiger charge is 2.06. The lowest BCUT2D eigenvalue weighted by Gasteiger charge is -2.02. The lowest BCUT2D eigenvalue weighted by atomic mass is 10.3. The van der Waals surface area contributed by atoms with Gasteiger partial charge in [-0.1, -0.05) is 6.07 Å². The van der Waals surface area contributed by atoms with E-state index in [-0.39, 0.29) is 0 Å². The molecule has 2 rings (SSSR count). The third kappa shape index (κ3) is 1.85. The third-order valence-electron chi connectivity index (χ3n) is 2.09. The molecule has 2 heterocycles. The van der Waals surface area contributed by atoms with Gasteiger partial charge in [0, 0.05) is 13.2 Å². The van der Waals surface area contributed by atoms with Gasteiger partial charge in [0.2, 0.25) is 0 Å². The molecule has 0 bridgehead atoms. The minimum Gasteiger partial charge on any atom is -0.373 e. The van der Waals surface area contributed by atoms with E-state index in [4.69, 9.17) is 5.73 Å². The molecule has 0 spiro atoms. The van der Waals surface area contributed by atoms with E-state index in [0.717, 1.165) is 5.82 Å². The van der Waals surface area contributed by atoms with E-state index in [1.54, 1.807) is 19.3 Å². The molecule has 6 heteroatoms. The molecule has 0 unspecified atom stereocenters. The number of carbonyl (C=O) groups is 1. The Bertz CT molecular complexity index is 519. The van der Waals surface area contributed by atoms with Gasteiger partial charge >= 0.3 is 0 Å². The number of pyridine rings is 1. The molecule has 0 saturated heterocycles. The van der Waals surface area contributed by atoms with Gasteiger partial charge in [-0.15, -0.1) is 0 Å². The van der Waals surface area contributed by atoms with Gasteiger partial charge in [0.15, 0.2) is 5.82 Å². The first-order valence-electron chi connectivity index (χ1n) is 4.70. The number of nitrogens with two attached hydrogens (primary N) is 1. The van der Waals surface area contributed by atoms with Crippen LogP contribution in [0.3, 0.4) is 0 Å². The fraction of sp³-hybridized carbons (Fsp3) is 0.100. The van der Waals surface area contributed by atoms with Crippen LogP contribution in [-0.4, -0.2) is 27.7 Å². The molecular formula is C10H11N5O. The molecular weight excluding hydrogens is 206 g/mol. The zero-order valence-corrected chi connectivity index (χ0v) is 8.71. The van der Waals surface area contributed by atoms with Gasteiger partial charge < -0.3 is 11.1 Å². The Morgan fingerprint density at radius 3 is 2.94 bits per heavy atom. The number of rotatable bonds is 3. The van der Waals surface area contributed by atoms with Crippen molar-refractivity contribution in [3.63, 3.8) is 0 Å². The Morgan fingerprint density at radius 2 is 2.31 bits per heavy atom. The number of amides is 1. The zero-order chi connectivity index (χ0) is 11.5. The van der Waals surface area contributed by atoms with Crippen LogP contribution in [0.1, 0.15) is 10.4 Å². The van der Waals surface area contributed by atoms with Gasteiger partial charge in [-0.2, -0.15) is 5.10 Å². The maximum absolute atomic E-state index is 10.9. The standard InChI is InChI=1S/C10H11N5O/c1-12-8-3-2-4-9(14-8)15-6-7(5-13-15)10(11)16/h2-6H,1H3,(H2,11,16)(H,12,14). The Balaban J connectivity index is 2.38. The Morgan fingerprint density at radius 1 is 1.50 bits per heavy atom. The monoisotopic (exact) mass is 217 g/mol. The second-order valence-corrected chi connectivity index (χ2v) is 3.17. The van der Waals surface area contributed by atoms with Gasteiger partial charge in [-0.3, -0.25) is 4.79 Å². The lowest BCUT2D eigenvalue weighted by Crippen LogP contribution is -2.09. The summed E-state index contributed by atoms with van der Waals surface area (Å²) in [6.07, 6.45) is 2.96. The smallest absolute Gasteiger partial charge is 0.251 e. The number of carbonyl (C=O) groups excluding carboxylic acids is 1. The molecule has 3 N–H and O–H groups in total. The fourth-order valence-electron chi connectivity index (χ4n) is 1.27. The van der Waals surface area contributed by atoms with Gasteiger partial charge in [0.1, 0.15) is 5.82 Å². The summed E-state index contributed by atoms with van der Waals surface area (Å²) in [5.41, 5.74) is 5.49. The van der Waals surface area contributed by atoms with Crippen LogP contribution >= 0.6 is 0 Å². The van der Waals surface area contributed by atoms with E-state index in [0.29, 0.717) is 11.4 Å². The summed E-state index contributed by atoms with van der Waals surface area (Å²) in [4.78, 5) is 15.2. The average Bonchev–Trinajstić information content (AvgIpc) is 2.78. The molecule has 0 aromatic carbocycles. The van der Waals surface area contributed by atoms with Crippen molar-refractivity contribution in [1.29, 1.82) is 0 Å². The van der Waals surface area contributed by atoms with Crippen molar-refractivity contribution in [3.8, 4) is 5.82 Å². The number of aromatic nitrogens is 3. The van der Waals surface area contributed by atoms with Crippen LogP contribution < -0.4 is 11.1 Å². The van der Waals surface area contributed by atoms with Crippen LogP contribution in [0.15, 0.2) is 30.6 Å². The number of primary amides is 1. The minimum atomic E-state index is -0.504. The predicted octanol–water partition coefficient (Wildman–Crippen LogP) is 0.408. The molecule has 0 radical (unpaired) electrons. The first-order chi connectivity index (χ1) is 7.70. The van der Waals surface area contributed by atoms with Crippen molar-refractivity contribution in [1.82, 2.24) is 14.8 Å². The number of nitrogens with one attached hydrogen (secondary N) is 1. The number of anilines is 1. The molecule has 6 nitrogen and oxygen atoms in total. The van der Waals surface area contributed by atoms with Crippen molar-refractivity contribution in [2.75, 3.05) is 12.4 Å². The molecule has 2 aromatic heterocycles. The highest BCUT2D eigenvalue weighted by Crippen LogP contribution is 2.08. The van der Waals surface area contributed by atoms with E-state index in [2.05, 4.69) is 15.4 Å². The molecule has 0 atom stereocenters. The van der Waals surface area contributed by atoms with Gasteiger partial charge in [0.25, 0.3) is 5.91 Å². The van der Waals surface area contributed by atoms with E-state index < -0.39 is 5.91 Å². The highest BCUT2D eigenvalue weighted by atomic mass is 16.1. The Hall–Kier alpha value is -2.37. The first kappa shape index (κ1) is 10.2. The molecule has 0 saturated carbocycles. The number of hydrogen-bond donors (Lipinski definition) is 2. The van der Waals surface area contributed by atoms with E-state index in [1.807, 2.05) is 12.1 Å². The van der Waals surface area contributed by atoms with Gasteiger partial charge in [0.05, 0.1) is 11.8 Å². The largest absolute Gasteiger partial charge is 0.373 e. The van der Waals surface area contributed by atoms with Crippen LogP contribution in [0, 0.1) is 0 Å². The normalized spacial score (nSPS) is 10.1. The lowest BCUT2D eigenvalue weighted by molar-refractivity contribution is 0.100. The first-order valence-corrected chi connectivity index (χ1v) is 4.70. The minimum absolute atomic E-state index is 0.358. The van der Waals surface area contributed by atoms with Gasteiger partial charge in [-0.05, 0) is 12.1 Å². The molecule has 2 aromatic rings. The third-order valence-corrected chi connectivity index (χ3v) is 2.09. The average molecular weight is 217 g/mol. The summed E-state index contributed by atoms with van der Waals surface area (Å²) in [7, 11) is 1.78. The van der Waals surface area contributed by atoms with Gasteiger partial charge in [-0.25, -0.2) is 9.67 Å². The summed E-state index contributed by atoms with van der Waals surface area (Å²) in [6, 6.07) is 5.47. The Labute approximate surface area is 92.1 Å². The number of nitrogens with zero attached hydrogens (tertiary/aromatic N) is 3. The zero-order valence-electron chi connectivity index (χ0n) is 8.71. The van der Waals surface area contributed by atoms with Crippen molar-refractivity contribution in [2.24, 2.45) is 5.73 Å². The number of hydrogen-bond acceptors (Lipinski definition) is 4. The second kappa shape index (κ2) is 4.01. The summed E-state index contributed by atoms with van der Waals surface area (Å²) in [5, 5.41) is 6.93. The van der Waals surface area contributed by atoms with E-state index >= 15 is 0 Å². The van der Waals surface area contributed by atoms with Crippen LogP contribution in [0.25, 0.3) is 5.82 Å². The highest BCUT2D eigenvalue weighted by molar-refractivity contribution is 5.92. The summed E-state index contributed by atoms with van der Waals surface area (Å²) in [5.74, 6) is 0.851. The van der Waals surface area contributed by atoms with Crippen molar-refractivity contribution in [3.05, 3.63) is 36.2 Å². The summed E-state index contributed by atoms with van der Waals surface area (Å²) < 4.78 is 1.50. The fourth-order valence-corrected chi connectivity index (χ4v) is 1.27. The maximum atomic E-state index is 10.9. The van der Waals surface area contributed by atoms with Crippen LogP contribution in [0.4, 0.5) is 5.82 Å². The molecule has 0 aliphatic rings. The molecule has 0 aliphatic heterocycles. The van der Waals surface area contributed by atoms with E-state index in [1.165, 1.54) is 10.9 Å². The topological polar surface area (TPSA) is 85.8 Å². The summed E-state index contributed by atoms with van der Waals surface area (Å²) >= 11 is 0. The molecule has 16 heavy (non-hydrogen) atoms. The Kier molecular flexibility index (Phi) is 2.55. The van der Waals surface area contributed by atoms with Crippen molar-refractivity contribution in [2.45, 2.75) is 0 Å². The molecule has 82 valence electrons. The predicted molar refractivity (Wildman–Crippen MR) is 59.4 cm³/mol. The molecule has 0 aliphatic carbocycles. The molecule has 0 fully saturated rings. The molecule has 1 amide bonds. The van der Waals surface area contributed by atoms with Crippen LogP contribution in [0.5, 0.6) is 0 Å². The van der Waals surface area contributed by atoms with Crippen molar-refractivity contribution >= 4 is 11.7 Å². The summed E-state index contributed by atoms with van der Waals surface area (Å²) in [6.45, 7) is 0. The maximum Gasteiger partial charge on any atom is 0.251 e. The quantitative estimate of drug-likeness (QED) is 0.779.